The minimum absolute atomic E-state index is 0.00768. The molecule has 0 unspecified atom stereocenters. The molecule has 1 heterocycles. The van der Waals surface area contributed by atoms with E-state index in [9.17, 15) is 34.4 Å². The minimum atomic E-state index is -1.28. The molecule has 4 amide bonds. The molecule has 2 atom stereocenters. The van der Waals surface area contributed by atoms with Gasteiger partial charge in [0.1, 0.15) is 11.6 Å². The van der Waals surface area contributed by atoms with Crippen LogP contribution in [0.5, 0.6) is 0 Å². The molecule has 2 N–H and O–H groups in total. The van der Waals surface area contributed by atoms with Crippen molar-refractivity contribution < 1.29 is 29.2 Å². The Bertz CT molecular complexity index is 1210. The van der Waals surface area contributed by atoms with E-state index in [4.69, 9.17) is 0 Å². The van der Waals surface area contributed by atoms with E-state index in [1.54, 1.807) is 44.2 Å². The second-order valence-electron chi connectivity index (χ2n) is 10.2. The summed E-state index contributed by atoms with van der Waals surface area (Å²) in [6, 6.07) is 11.6. The molecule has 1 aliphatic heterocycles. The van der Waals surface area contributed by atoms with Gasteiger partial charge in [-0.1, -0.05) is 56.3 Å². The first-order chi connectivity index (χ1) is 17.8. The number of hydrogen-bond acceptors (Lipinski definition) is 6. The number of benzene rings is 2. The van der Waals surface area contributed by atoms with Gasteiger partial charge in [0, 0.05) is 18.7 Å². The summed E-state index contributed by atoms with van der Waals surface area (Å²) in [7, 11) is 0. The van der Waals surface area contributed by atoms with Crippen LogP contribution in [-0.2, 0) is 20.9 Å². The third-order valence-electron chi connectivity index (χ3n) is 6.55. The number of rotatable bonds is 11. The average molecular weight is 525 g/mol. The van der Waals surface area contributed by atoms with Crippen LogP contribution in [-0.4, -0.2) is 55.2 Å². The van der Waals surface area contributed by atoms with Crippen molar-refractivity contribution in [2.45, 2.75) is 64.7 Å². The van der Waals surface area contributed by atoms with Crippen LogP contribution in [0.4, 0.5) is 10.5 Å². The normalized spacial score (nSPS) is 16.4. The van der Waals surface area contributed by atoms with Crippen molar-refractivity contribution in [3.8, 4) is 0 Å². The molecule has 0 saturated carbocycles. The van der Waals surface area contributed by atoms with Crippen LogP contribution in [0.2, 0.25) is 0 Å². The predicted octanol–water partition coefficient (Wildman–Crippen LogP) is 3.88. The van der Waals surface area contributed by atoms with E-state index >= 15 is 0 Å². The maximum absolute atomic E-state index is 13.6. The molecule has 3 rings (SSSR count). The maximum atomic E-state index is 13.6. The van der Waals surface area contributed by atoms with Crippen molar-refractivity contribution in [2.75, 3.05) is 0 Å². The second kappa shape index (κ2) is 11.4. The summed E-state index contributed by atoms with van der Waals surface area (Å²) in [4.78, 5) is 65.0. The molecule has 0 spiro atoms. The second-order valence-corrected chi connectivity index (χ2v) is 10.2. The van der Waals surface area contributed by atoms with E-state index in [2.05, 4.69) is 5.32 Å². The first-order valence-corrected chi connectivity index (χ1v) is 12.3. The molecule has 11 heteroatoms. The Kier molecular flexibility index (Phi) is 8.49. The van der Waals surface area contributed by atoms with Crippen molar-refractivity contribution in [3.05, 3.63) is 75.8 Å². The summed E-state index contributed by atoms with van der Waals surface area (Å²) in [5.41, 5.74) is -0.205. The molecule has 0 aliphatic carbocycles. The molecular weight excluding hydrogens is 492 g/mol. The van der Waals surface area contributed by atoms with Gasteiger partial charge in [0.05, 0.1) is 17.4 Å². The summed E-state index contributed by atoms with van der Waals surface area (Å²) in [6.45, 7) is 6.89. The molecule has 0 aromatic heterocycles. The third kappa shape index (κ3) is 6.16. The number of nitrogens with one attached hydrogen (secondary N) is 1. The van der Waals surface area contributed by atoms with Gasteiger partial charge in [0.2, 0.25) is 5.91 Å². The van der Waals surface area contributed by atoms with Crippen molar-refractivity contribution in [1.29, 1.82) is 0 Å². The topological polar surface area (TPSA) is 150 Å². The number of carboxylic acids is 1. The number of hydrogen-bond donors (Lipinski definition) is 2. The van der Waals surface area contributed by atoms with Gasteiger partial charge >= 0.3 is 12.0 Å². The lowest BCUT2D eigenvalue weighted by atomic mass is 9.98. The van der Waals surface area contributed by atoms with E-state index in [0.717, 1.165) is 4.90 Å². The van der Waals surface area contributed by atoms with Gasteiger partial charge in [-0.05, 0) is 37.3 Å². The largest absolute Gasteiger partial charge is 0.481 e. The summed E-state index contributed by atoms with van der Waals surface area (Å²) in [5, 5.41) is 23.1. The van der Waals surface area contributed by atoms with Gasteiger partial charge in [-0.2, -0.15) is 0 Å². The number of non-ortho nitro benzene ring substituents is 1. The quantitative estimate of drug-likeness (QED) is 0.257. The van der Waals surface area contributed by atoms with Gasteiger partial charge in [-0.25, -0.2) is 9.69 Å². The Morgan fingerprint density at radius 1 is 1.05 bits per heavy atom. The minimum Gasteiger partial charge on any atom is -0.481 e. The molecule has 2 aromatic carbocycles. The SMILES string of the molecule is CC(C)C[C@H](C(=O)N[C@@H](CC(=O)O)c1ccccc1)N1C(=O)N(Cc2ccc([N+](=O)[O-])cc2)C(C)(C)C1=O. The fourth-order valence-corrected chi connectivity index (χ4v) is 4.47. The van der Waals surface area contributed by atoms with Crippen molar-refractivity contribution >= 4 is 29.5 Å². The van der Waals surface area contributed by atoms with E-state index in [-0.39, 0.29) is 31.0 Å². The fraction of sp³-hybridized carbons (Fsp3) is 0.407. The Labute approximate surface area is 220 Å². The molecule has 202 valence electrons. The van der Waals surface area contributed by atoms with E-state index in [0.29, 0.717) is 11.1 Å². The van der Waals surface area contributed by atoms with Crippen LogP contribution in [0.25, 0.3) is 0 Å². The van der Waals surface area contributed by atoms with Crippen LogP contribution in [0, 0.1) is 16.0 Å². The van der Waals surface area contributed by atoms with Crippen LogP contribution in [0.15, 0.2) is 54.6 Å². The average Bonchev–Trinajstić information content (AvgIpc) is 3.01. The van der Waals surface area contributed by atoms with Crippen molar-refractivity contribution in [1.82, 2.24) is 15.1 Å². The Morgan fingerprint density at radius 2 is 1.66 bits per heavy atom. The molecule has 1 aliphatic rings. The highest BCUT2D eigenvalue weighted by Crippen LogP contribution is 2.33. The number of nitro groups is 1. The number of carbonyl (C=O) groups excluding carboxylic acids is 3. The van der Waals surface area contributed by atoms with Crippen LogP contribution < -0.4 is 5.32 Å². The number of imide groups is 1. The van der Waals surface area contributed by atoms with Gasteiger partial charge in [0.15, 0.2) is 0 Å². The number of urea groups is 1. The number of carbonyl (C=O) groups is 4. The molecular formula is C27H32N4O7. The number of nitrogens with zero attached hydrogens (tertiary/aromatic N) is 3. The smallest absolute Gasteiger partial charge is 0.328 e. The zero-order valence-electron chi connectivity index (χ0n) is 21.8. The molecule has 11 nitrogen and oxygen atoms in total. The van der Waals surface area contributed by atoms with Gasteiger partial charge in [-0.3, -0.25) is 24.5 Å². The van der Waals surface area contributed by atoms with E-state index in [1.807, 2.05) is 13.8 Å². The highest BCUT2D eigenvalue weighted by Gasteiger charge is 2.54. The molecule has 0 radical (unpaired) electrons. The lowest BCUT2D eigenvalue weighted by Crippen LogP contribution is -2.52. The van der Waals surface area contributed by atoms with Gasteiger partial charge < -0.3 is 15.3 Å². The molecule has 2 aromatic rings. The monoisotopic (exact) mass is 524 g/mol. The third-order valence-corrected chi connectivity index (χ3v) is 6.55. The number of nitro benzene ring substituents is 1. The summed E-state index contributed by atoms with van der Waals surface area (Å²) < 4.78 is 0. The van der Waals surface area contributed by atoms with Crippen LogP contribution >= 0.6 is 0 Å². The number of amides is 4. The van der Waals surface area contributed by atoms with Crippen LogP contribution in [0.3, 0.4) is 0 Å². The van der Waals surface area contributed by atoms with Crippen LogP contribution in [0.1, 0.15) is 57.7 Å². The number of aliphatic carboxylic acids is 1. The standard InChI is InChI=1S/C27H32N4O7/c1-17(2)14-22(24(34)28-21(15-23(32)33)19-8-6-5-7-9-19)30-25(35)27(3,4)29(26(30)36)16-18-10-12-20(13-11-18)31(37)38/h5-13,17,21-22H,14-16H2,1-4H3,(H,28,34)(H,32,33)/t21-,22+/m0/s1. The first-order valence-electron chi connectivity index (χ1n) is 12.3. The van der Waals surface area contributed by atoms with Crippen molar-refractivity contribution in [2.24, 2.45) is 5.92 Å². The van der Waals surface area contributed by atoms with Crippen molar-refractivity contribution in [3.63, 3.8) is 0 Å². The highest BCUT2D eigenvalue weighted by molar-refractivity contribution is 6.09. The zero-order valence-corrected chi connectivity index (χ0v) is 21.8. The highest BCUT2D eigenvalue weighted by atomic mass is 16.6. The first kappa shape index (κ1) is 28.3. The van der Waals surface area contributed by atoms with Gasteiger partial charge in [-0.15, -0.1) is 0 Å². The Hall–Kier alpha value is -4.28. The predicted molar refractivity (Wildman–Crippen MR) is 138 cm³/mol. The zero-order chi connectivity index (χ0) is 28.2. The fourth-order valence-electron chi connectivity index (χ4n) is 4.47. The maximum Gasteiger partial charge on any atom is 0.328 e. The summed E-state index contributed by atoms with van der Waals surface area (Å²) >= 11 is 0. The molecule has 0 bridgehead atoms. The summed E-state index contributed by atoms with van der Waals surface area (Å²) in [5.74, 6) is -2.35. The molecule has 1 saturated heterocycles. The molecule has 38 heavy (non-hydrogen) atoms. The van der Waals surface area contributed by atoms with E-state index < -0.39 is 46.4 Å². The lowest BCUT2D eigenvalue weighted by Gasteiger charge is -2.29. The van der Waals surface area contributed by atoms with Gasteiger partial charge in [0.25, 0.3) is 11.6 Å². The van der Waals surface area contributed by atoms with E-state index in [1.165, 1.54) is 29.2 Å². The number of carboxylic acid groups (broad SMARTS) is 1. The molecule has 1 fully saturated rings. The Balaban J connectivity index is 1.90. The lowest BCUT2D eigenvalue weighted by molar-refractivity contribution is -0.384. The Morgan fingerprint density at radius 3 is 2.18 bits per heavy atom. The summed E-state index contributed by atoms with van der Waals surface area (Å²) in [6.07, 6.45) is -0.191.